The predicted octanol–water partition coefficient (Wildman–Crippen LogP) is 2.08. The number of carbonyl (C=O) groups is 1. The van der Waals surface area contributed by atoms with Crippen molar-refractivity contribution in [2.45, 2.75) is 13.0 Å². The third-order valence-corrected chi connectivity index (χ3v) is 4.19. The number of rotatable bonds is 4. The van der Waals surface area contributed by atoms with Gasteiger partial charge >= 0.3 is 0 Å². The van der Waals surface area contributed by atoms with Crippen molar-refractivity contribution in [1.29, 1.82) is 0 Å². The Hall–Kier alpha value is -2.89. The molecule has 0 aliphatic carbocycles. The minimum absolute atomic E-state index is 0.00896. The van der Waals surface area contributed by atoms with Crippen LogP contribution >= 0.6 is 0 Å². The van der Waals surface area contributed by atoms with Crippen LogP contribution in [0, 0.1) is 5.82 Å². The van der Waals surface area contributed by atoms with Gasteiger partial charge in [-0.15, -0.1) is 0 Å². The number of hydrogen-bond acceptors (Lipinski definition) is 2. The van der Waals surface area contributed by atoms with E-state index in [0.717, 1.165) is 17.7 Å². The van der Waals surface area contributed by atoms with Crippen molar-refractivity contribution in [2.24, 2.45) is 4.99 Å². The second-order valence-electron chi connectivity index (χ2n) is 5.83. The number of nitrogens with one attached hydrogen (secondary N) is 2. The van der Waals surface area contributed by atoms with Crippen LogP contribution in [0.15, 0.2) is 53.5 Å². The van der Waals surface area contributed by atoms with Crippen LogP contribution in [-0.4, -0.2) is 32.0 Å². The lowest BCUT2D eigenvalue weighted by Gasteiger charge is -2.18. The highest BCUT2D eigenvalue weighted by molar-refractivity contribution is 5.98. The number of aliphatic imine (C=N–C) groups is 1. The summed E-state index contributed by atoms with van der Waals surface area (Å²) in [6.45, 7) is 1.37. The topological polar surface area (TPSA) is 56.7 Å². The molecule has 0 atom stereocenters. The Kier molecular flexibility index (Phi) is 5.28. The quantitative estimate of drug-likeness (QED) is 0.662. The van der Waals surface area contributed by atoms with E-state index in [9.17, 15) is 9.18 Å². The number of nitrogens with zero attached hydrogens (tertiary/aromatic N) is 2. The van der Waals surface area contributed by atoms with Crippen molar-refractivity contribution in [2.75, 3.05) is 25.0 Å². The molecule has 0 bridgehead atoms. The summed E-state index contributed by atoms with van der Waals surface area (Å²) >= 11 is 0. The van der Waals surface area contributed by atoms with E-state index >= 15 is 0 Å². The molecule has 2 N–H and O–H groups in total. The standard InChI is InChI=1S/C19H21FN4O/c1-21-19(22-12-14-6-8-16(20)9-7-14)23-13-18(25)24-11-10-15-4-2-3-5-17(15)24/h2-9H,10-13H2,1H3,(H2,21,22,23). The number of fused-ring (bicyclic) bond motifs is 1. The van der Waals surface area contributed by atoms with E-state index in [-0.39, 0.29) is 18.3 Å². The fourth-order valence-corrected chi connectivity index (χ4v) is 2.86. The lowest BCUT2D eigenvalue weighted by Crippen LogP contribution is -2.44. The van der Waals surface area contributed by atoms with Gasteiger partial charge in [0.15, 0.2) is 5.96 Å². The first-order valence-electron chi connectivity index (χ1n) is 8.24. The van der Waals surface area contributed by atoms with Gasteiger partial charge in [0.05, 0.1) is 6.54 Å². The maximum Gasteiger partial charge on any atom is 0.246 e. The Morgan fingerprint density at radius 2 is 1.92 bits per heavy atom. The second kappa shape index (κ2) is 7.79. The molecule has 1 amide bonds. The van der Waals surface area contributed by atoms with Gasteiger partial charge in [-0.25, -0.2) is 4.39 Å². The monoisotopic (exact) mass is 340 g/mol. The van der Waals surface area contributed by atoms with E-state index in [1.165, 1.54) is 17.7 Å². The number of anilines is 1. The average molecular weight is 340 g/mol. The van der Waals surface area contributed by atoms with Gasteiger partial charge in [0.25, 0.3) is 0 Å². The van der Waals surface area contributed by atoms with Gasteiger partial charge in [0.1, 0.15) is 5.82 Å². The van der Waals surface area contributed by atoms with Crippen LogP contribution in [0.3, 0.4) is 0 Å². The fourth-order valence-electron chi connectivity index (χ4n) is 2.86. The van der Waals surface area contributed by atoms with Gasteiger partial charge < -0.3 is 15.5 Å². The molecule has 25 heavy (non-hydrogen) atoms. The van der Waals surface area contributed by atoms with Gasteiger partial charge in [-0.2, -0.15) is 0 Å². The summed E-state index contributed by atoms with van der Waals surface area (Å²) in [5, 5.41) is 6.15. The summed E-state index contributed by atoms with van der Waals surface area (Å²) in [6, 6.07) is 14.2. The molecule has 0 fully saturated rings. The average Bonchev–Trinajstić information content (AvgIpc) is 3.07. The molecule has 0 unspecified atom stereocenters. The van der Waals surface area contributed by atoms with Gasteiger partial charge in [-0.05, 0) is 35.7 Å². The van der Waals surface area contributed by atoms with Crippen LogP contribution < -0.4 is 15.5 Å². The van der Waals surface area contributed by atoms with E-state index in [2.05, 4.69) is 21.7 Å². The number of hydrogen-bond donors (Lipinski definition) is 2. The summed E-state index contributed by atoms with van der Waals surface area (Å²) in [6.07, 6.45) is 0.888. The summed E-state index contributed by atoms with van der Waals surface area (Å²) in [5.74, 6) is 0.280. The predicted molar refractivity (Wildman–Crippen MR) is 97.1 cm³/mol. The van der Waals surface area contributed by atoms with Gasteiger partial charge in [0, 0.05) is 25.8 Å². The highest BCUT2D eigenvalue weighted by Gasteiger charge is 2.23. The van der Waals surface area contributed by atoms with Crippen molar-refractivity contribution >= 4 is 17.6 Å². The summed E-state index contributed by atoms with van der Waals surface area (Å²) in [7, 11) is 1.65. The first-order chi connectivity index (χ1) is 12.2. The molecule has 0 radical (unpaired) electrons. The maximum absolute atomic E-state index is 12.9. The molecule has 5 nitrogen and oxygen atoms in total. The molecule has 0 aromatic heterocycles. The van der Waals surface area contributed by atoms with Crippen LogP contribution in [0.2, 0.25) is 0 Å². The first kappa shape index (κ1) is 17.0. The molecule has 0 saturated carbocycles. The molecular weight excluding hydrogens is 319 g/mol. The van der Waals surface area contributed by atoms with Crippen molar-refractivity contribution in [3.8, 4) is 0 Å². The lowest BCUT2D eigenvalue weighted by molar-refractivity contribution is -0.117. The Bertz CT molecular complexity index is 773. The fraction of sp³-hybridized carbons (Fsp3) is 0.263. The third kappa shape index (κ3) is 4.15. The van der Waals surface area contributed by atoms with E-state index in [1.54, 1.807) is 24.1 Å². The minimum atomic E-state index is -0.261. The van der Waals surface area contributed by atoms with E-state index in [0.29, 0.717) is 19.0 Å². The largest absolute Gasteiger partial charge is 0.352 e. The van der Waals surface area contributed by atoms with Crippen LogP contribution in [0.25, 0.3) is 0 Å². The number of halogens is 1. The minimum Gasteiger partial charge on any atom is -0.352 e. The smallest absolute Gasteiger partial charge is 0.246 e. The molecule has 2 aromatic carbocycles. The number of benzene rings is 2. The Labute approximate surface area is 146 Å². The molecule has 0 spiro atoms. The number of para-hydroxylation sites is 1. The first-order valence-corrected chi connectivity index (χ1v) is 8.24. The zero-order valence-corrected chi connectivity index (χ0v) is 14.1. The SMILES string of the molecule is CN=C(NCC(=O)N1CCc2ccccc21)NCc1ccc(F)cc1. The third-order valence-electron chi connectivity index (χ3n) is 4.19. The molecule has 3 rings (SSSR count). The highest BCUT2D eigenvalue weighted by Crippen LogP contribution is 2.27. The number of carbonyl (C=O) groups excluding carboxylic acids is 1. The molecule has 1 aliphatic heterocycles. The van der Waals surface area contributed by atoms with Crippen LogP contribution in [0.1, 0.15) is 11.1 Å². The summed E-state index contributed by atoms with van der Waals surface area (Å²) in [5.41, 5.74) is 3.13. The van der Waals surface area contributed by atoms with Crippen molar-refractivity contribution in [3.05, 3.63) is 65.5 Å². The van der Waals surface area contributed by atoms with Crippen LogP contribution in [-0.2, 0) is 17.8 Å². The normalized spacial score (nSPS) is 13.5. The van der Waals surface area contributed by atoms with E-state index < -0.39 is 0 Å². The van der Waals surface area contributed by atoms with Crippen molar-refractivity contribution in [3.63, 3.8) is 0 Å². The van der Waals surface area contributed by atoms with Gasteiger partial charge in [0.2, 0.25) is 5.91 Å². The maximum atomic E-state index is 12.9. The highest BCUT2D eigenvalue weighted by atomic mass is 19.1. The zero-order chi connectivity index (χ0) is 17.6. The molecule has 130 valence electrons. The number of amides is 1. The molecular formula is C19H21FN4O. The second-order valence-corrected chi connectivity index (χ2v) is 5.83. The lowest BCUT2D eigenvalue weighted by atomic mass is 10.2. The van der Waals surface area contributed by atoms with Gasteiger partial charge in [-0.1, -0.05) is 30.3 Å². The molecule has 1 heterocycles. The van der Waals surface area contributed by atoms with Crippen LogP contribution in [0.5, 0.6) is 0 Å². The van der Waals surface area contributed by atoms with E-state index in [4.69, 9.17) is 0 Å². The Balaban J connectivity index is 1.51. The zero-order valence-electron chi connectivity index (χ0n) is 14.1. The number of guanidine groups is 1. The summed E-state index contributed by atoms with van der Waals surface area (Å²) in [4.78, 5) is 18.4. The van der Waals surface area contributed by atoms with Crippen molar-refractivity contribution < 1.29 is 9.18 Å². The van der Waals surface area contributed by atoms with Crippen molar-refractivity contribution in [1.82, 2.24) is 10.6 Å². The van der Waals surface area contributed by atoms with Gasteiger partial charge in [-0.3, -0.25) is 9.79 Å². The molecule has 2 aromatic rings. The summed E-state index contributed by atoms with van der Waals surface area (Å²) < 4.78 is 12.9. The molecule has 0 saturated heterocycles. The molecule has 1 aliphatic rings. The Morgan fingerprint density at radius 3 is 2.68 bits per heavy atom. The molecule has 6 heteroatoms. The Morgan fingerprint density at radius 1 is 1.16 bits per heavy atom. The van der Waals surface area contributed by atoms with E-state index in [1.807, 2.05) is 18.2 Å². The van der Waals surface area contributed by atoms with Crippen LogP contribution in [0.4, 0.5) is 10.1 Å².